The van der Waals surface area contributed by atoms with Crippen molar-refractivity contribution >= 4 is 9.84 Å². The Balaban J connectivity index is 1.95. The summed E-state index contributed by atoms with van der Waals surface area (Å²) >= 11 is 0. The Kier molecular flexibility index (Phi) is 5.82. The molecule has 1 unspecified atom stereocenters. The first-order valence-corrected chi connectivity index (χ1v) is 9.80. The highest BCUT2D eigenvalue weighted by Gasteiger charge is 2.18. The van der Waals surface area contributed by atoms with Gasteiger partial charge < -0.3 is 5.32 Å². The highest BCUT2D eigenvalue weighted by molar-refractivity contribution is 7.91. The van der Waals surface area contributed by atoms with Crippen molar-refractivity contribution in [3.63, 3.8) is 0 Å². The third-order valence-corrected chi connectivity index (χ3v) is 6.18. The highest BCUT2D eigenvalue weighted by Crippen LogP contribution is 2.25. The van der Waals surface area contributed by atoms with Gasteiger partial charge in [0.2, 0.25) is 0 Å². The zero-order valence-electron chi connectivity index (χ0n) is 13.2. The molecule has 118 valence electrons. The summed E-state index contributed by atoms with van der Waals surface area (Å²) in [6.45, 7) is 5.17. The van der Waals surface area contributed by atoms with Gasteiger partial charge in [-0.15, -0.1) is 0 Å². The number of aryl methyl sites for hydroxylation is 2. The molecule has 0 spiro atoms. The predicted octanol–water partition coefficient (Wildman–Crippen LogP) is 3.12. The minimum absolute atomic E-state index is 0.258. The molecule has 1 N–H and O–H groups in total. The van der Waals surface area contributed by atoms with Crippen LogP contribution in [0, 0.1) is 0 Å². The molecule has 0 aliphatic heterocycles. The van der Waals surface area contributed by atoms with Gasteiger partial charge in [-0.3, -0.25) is 0 Å². The van der Waals surface area contributed by atoms with E-state index in [1.54, 1.807) is 6.07 Å². The summed E-state index contributed by atoms with van der Waals surface area (Å²) in [6.07, 6.45) is 5.97. The van der Waals surface area contributed by atoms with Gasteiger partial charge in [-0.25, -0.2) is 8.42 Å². The van der Waals surface area contributed by atoms with Crippen LogP contribution in [0.2, 0.25) is 0 Å². The van der Waals surface area contributed by atoms with Crippen molar-refractivity contribution in [1.82, 2.24) is 5.32 Å². The SMILES string of the molecule is CCNC(CC)CCCS(=O)(=O)c1ccc2c(c1)CCC2. The molecule has 1 aliphatic rings. The van der Waals surface area contributed by atoms with Crippen LogP contribution in [0.4, 0.5) is 0 Å². The smallest absolute Gasteiger partial charge is 0.178 e. The summed E-state index contributed by atoms with van der Waals surface area (Å²) in [4.78, 5) is 0.514. The molecule has 2 rings (SSSR count). The zero-order valence-corrected chi connectivity index (χ0v) is 14.0. The second-order valence-electron chi connectivity index (χ2n) is 5.91. The highest BCUT2D eigenvalue weighted by atomic mass is 32.2. The van der Waals surface area contributed by atoms with E-state index in [9.17, 15) is 8.42 Å². The second kappa shape index (κ2) is 7.41. The van der Waals surface area contributed by atoms with Crippen LogP contribution < -0.4 is 5.32 Å². The number of fused-ring (bicyclic) bond motifs is 1. The number of sulfone groups is 1. The molecule has 1 atom stereocenters. The van der Waals surface area contributed by atoms with Crippen LogP contribution >= 0.6 is 0 Å². The van der Waals surface area contributed by atoms with E-state index in [0.717, 1.165) is 45.1 Å². The van der Waals surface area contributed by atoms with Crippen molar-refractivity contribution in [2.45, 2.75) is 63.3 Å². The normalized spacial score (nSPS) is 15.9. The standard InChI is InChI=1S/C17H27NO2S/c1-3-16(18-4-2)9-6-12-21(19,20)17-11-10-14-7-5-8-15(14)13-17/h10-11,13,16,18H,3-9,12H2,1-2H3. The second-order valence-corrected chi connectivity index (χ2v) is 8.02. The van der Waals surface area contributed by atoms with Crippen molar-refractivity contribution in [2.75, 3.05) is 12.3 Å². The summed E-state index contributed by atoms with van der Waals surface area (Å²) in [5, 5.41) is 3.40. The third-order valence-electron chi connectivity index (χ3n) is 4.38. The van der Waals surface area contributed by atoms with Crippen molar-refractivity contribution in [3.05, 3.63) is 29.3 Å². The van der Waals surface area contributed by atoms with E-state index >= 15 is 0 Å². The Morgan fingerprint density at radius 2 is 1.95 bits per heavy atom. The van der Waals surface area contributed by atoms with Crippen LogP contribution in [0.3, 0.4) is 0 Å². The lowest BCUT2D eigenvalue weighted by Gasteiger charge is -2.15. The maximum absolute atomic E-state index is 12.4. The van der Waals surface area contributed by atoms with Gasteiger partial charge in [0.1, 0.15) is 0 Å². The molecular weight excluding hydrogens is 282 g/mol. The summed E-state index contributed by atoms with van der Waals surface area (Å²) in [6, 6.07) is 6.13. The lowest BCUT2D eigenvalue weighted by molar-refractivity contribution is 0.475. The van der Waals surface area contributed by atoms with Gasteiger partial charge in [-0.1, -0.05) is 19.9 Å². The minimum Gasteiger partial charge on any atom is -0.314 e. The Hall–Kier alpha value is -0.870. The molecule has 0 fully saturated rings. The van der Waals surface area contributed by atoms with E-state index in [1.165, 1.54) is 11.1 Å². The third kappa shape index (κ3) is 4.30. The largest absolute Gasteiger partial charge is 0.314 e. The first-order valence-electron chi connectivity index (χ1n) is 8.14. The van der Waals surface area contributed by atoms with Crippen LogP contribution in [-0.2, 0) is 22.7 Å². The number of rotatable bonds is 8. The zero-order chi connectivity index (χ0) is 15.3. The first kappa shape index (κ1) is 16.5. The fraction of sp³-hybridized carbons (Fsp3) is 0.647. The Morgan fingerprint density at radius 1 is 1.19 bits per heavy atom. The van der Waals surface area contributed by atoms with Crippen molar-refractivity contribution < 1.29 is 8.42 Å². The van der Waals surface area contributed by atoms with Crippen LogP contribution in [0.15, 0.2) is 23.1 Å². The molecule has 1 aliphatic carbocycles. The molecule has 4 heteroatoms. The number of hydrogen-bond acceptors (Lipinski definition) is 3. The molecule has 0 radical (unpaired) electrons. The minimum atomic E-state index is -3.13. The molecule has 0 amide bonds. The average Bonchev–Trinajstić information content (AvgIpc) is 2.93. The monoisotopic (exact) mass is 309 g/mol. The number of benzene rings is 1. The van der Waals surface area contributed by atoms with E-state index < -0.39 is 9.84 Å². The lowest BCUT2D eigenvalue weighted by atomic mass is 10.1. The molecule has 21 heavy (non-hydrogen) atoms. The molecule has 0 saturated heterocycles. The van der Waals surface area contributed by atoms with E-state index in [1.807, 2.05) is 12.1 Å². The predicted molar refractivity (Wildman–Crippen MR) is 87.5 cm³/mol. The molecular formula is C17H27NO2S. The Bertz CT molecular complexity index is 566. The van der Waals surface area contributed by atoms with Crippen molar-refractivity contribution in [3.8, 4) is 0 Å². The van der Waals surface area contributed by atoms with E-state index in [4.69, 9.17) is 0 Å². The molecule has 1 aromatic carbocycles. The van der Waals surface area contributed by atoms with E-state index in [2.05, 4.69) is 19.2 Å². The van der Waals surface area contributed by atoms with Crippen LogP contribution in [-0.4, -0.2) is 26.8 Å². The van der Waals surface area contributed by atoms with Crippen LogP contribution in [0.25, 0.3) is 0 Å². The molecule has 0 heterocycles. The van der Waals surface area contributed by atoms with Crippen LogP contribution in [0.1, 0.15) is 50.7 Å². The van der Waals surface area contributed by atoms with Crippen molar-refractivity contribution in [2.24, 2.45) is 0 Å². The van der Waals surface area contributed by atoms with Gasteiger partial charge in [-0.05, 0) is 68.3 Å². The molecule has 0 bridgehead atoms. The first-order chi connectivity index (χ1) is 10.1. The summed E-state index contributed by atoms with van der Waals surface area (Å²) in [7, 11) is -3.13. The van der Waals surface area contributed by atoms with Gasteiger partial charge >= 0.3 is 0 Å². The topological polar surface area (TPSA) is 46.2 Å². The molecule has 3 nitrogen and oxygen atoms in total. The number of nitrogens with one attached hydrogen (secondary N) is 1. The Morgan fingerprint density at radius 3 is 2.67 bits per heavy atom. The summed E-state index contributed by atoms with van der Waals surface area (Å²) in [5.74, 6) is 0.258. The maximum atomic E-state index is 12.4. The van der Waals surface area contributed by atoms with Gasteiger partial charge in [-0.2, -0.15) is 0 Å². The maximum Gasteiger partial charge on any atom is 0.178 e. The van der Waals surface area contributed by atoms with Gasteiger partial charge in [0.05, 0.1) is 10.6 Å². The molecule has 1 aromatic rings. The summed E-state index contributed by atoms with van der Waals surface area (Å²) < 4.78 is 24.9. The average molecular weight is 309 g/mol. The van der Waals surface area contributed by atoms with Gasteiger partial charge in [0, 0.05) is 6.04 Å². The van der Waals surface area contributed by atoms with Crippen LogP contribution in [0.5, 0.6) is 0 Å². The van der Waals surface area contributed by atoms with E-state index in [0.29, 0.717) is 10.9 Å². The number of hydrogen-bond donors (Lipinski definition) is 1. The van der Waals surface area contributed by atoms with E-state index in [-0.39, 0.29) is 5.75 Å². The van der Waals surface area contributed by atoms with Gasteiger partial charge in [0.25, 0.3) is 0 Å². The fourth-order valence-corrected chi connectivity index (χ4v) is 4.50. The molecule has 0 saturated carbocycles. The quantitative estimate of drug-likeness (QED) is 0.802. The van der Waals surface area contributed by atoms with Crippen molar-refractivity contribution in [1.29, 1.82) is 0 Å². The summed E-state index contributed by atoms with van der Waals surface area (Å²) in [5.41, 5.74) is 2.56. The molecule has 0 aromatic heterocycles. The fourth-order valence-electron chi connectivity index (χ4n) is 3.12. The lowest BCUT2D eigenvalue weighted by Crippen LogP contribution is -2.28. The Labute approximate surface area is 129 Å². The van der Waals surface area contributed by atoms with Gasteiger partial charge in [0.15, 0.2) is 9.84 Å².